The summed E-state index contributed by atoms with van der Waals surface area (Å²) in [7, 11) is 0. The van der Waals surface area contributed by atoms with Crippen molar-refractivity contribution in [2.75, 3.05) is 26.4 Å². The number of esters is 1. The molecule has 4 rings (SSSR count). The minimum Gasteiger partial charge on any atom is -0.493 e. The number of carbonyl (C=O) groups excluding carboxylic acids is 1. The summed E-state index contributed by atoms with van der Waals surface area (Å²) < 4.78 is 11.5. The first-order valence-electron chi connectivity index (χ1n) is 18.0. The monoisotopic (exact) mass is 662 g/mol. The zero-order valence-corrected chi connectivity index (χ0v) is 29.9. The number of carbonyl (C=O) groups is 1. The van der Waals surface area contributed by atoms with Crippen LogP contribution in [-0.2, 0) is 35.2 Å². The summed E-state index contributed by atoms with van der Waals surface area (Å²) >= 11 is 0. The molecule has 0 radical (unpaired) electrons. The van der Waals surface area contributed by atoms with Gasteiger partial charge in [-0.15, -0.1) is 0 Å². The SMILES string of the molecule is C=C(C)C(=O)OCCc1cc(-c2ccc(-c3ccc(-c4ccc(CCCCC)cc4)c(CC)c3)cc2CC)ccc1OCCC(CO)CO. The van der Waals surface area contributed by atoms with Crippen LogP contribution >= 0.6 is 0 Å². The molecule has 0 fully saturated rings. The maximum Gasteiger partial charge on any atom is 0.333 e. The molecule has 5 heteroatoms. The maximum absolute atomic E-state index is 12.0. The Labute approximate surface area is 293 Å². The van der Waals surface area contributed by atoms with Gasteiger partial charge >= 0.3 is 5.97 Å². The first-order chi connectivity index (χ1) is 23.8. The van der Waals surface area contributed by atoms with Crippen LogP contribution in [0.15, 0.2) is 91.0 Å². The third kappa shape index (κ3) is 10.4. The number of ether oxygens (including phenoxy) is 2. The second kappa shape index (κ2) is 19.1. The lowest BCUT2D eigenvalue weighted by molar-refractivity contribution is -0.138. The van der Waals surface area contributed by atoms with Gasteiger partial charge in [0.1, 0.15) is 5.75 Å². The van der Waals surface area contributed by atoms with E-state index in [1.807, 2.05) is 6.07 Å². The van der Waals surface area contributed by atoms with Crippen molar-refractivity contribution >= 4 is 5.97 Å². The summed E-state index contributed by atoms with van der Waals surface area (Å²) in [6.45, 7) is 12.4. The second-order valence-corrected chi connectivity index (χ2v) is 13.0. The predicted molar refractivity (Wildman–Crippen MR) is 202 cm³/mol. The Hall–Kier alpha value is -4.19. The fraction of sp³-hybridized carbons (Fsp3) is 0.386. The number of hydrogen-bond acceptors (Lipinski definition) is 5. The first kappa shape index (κ1) is 37.6. The molecule has 0 saturated heterocycles. The Morgan fingerprint density at radius 3 is 1.84 bits per heavy atom. The summed E-state index contributed by atoms with van der Waals surface area (Å²) in [6.07, 6.45) is 7.76. The van der Waals surface area contributed by atoms with Gasteiger partial charge in [0, 0.05) is 31.1 Å². The quantitative estimate of drug-likeness (QED) is 0.0594. The minimum absolute atomic E-state index is 0.0881. The van der Waals surface area contributed by atoms with Gasteiger partial charge in [0.25, 0.3) is 0 Å². The topological polar surface area (TPSA) is 76.0 Å². The van der Waals surface area contributed by atoms with E-state index in [9.17, 15) is 15.0 Å². The molecule has 0 aliphatic carbocycles. The molecule has 0 aromatic heterocycles. The molecule has 0 spiro atoms. The molecule has 0 bridgehead atoms. The van der Waals surface area contributed by atoms with Gasteiger partial charge in [-0.05, 0) is 107 Å². The van der Waals surface area contributed by atoms with Crippen LogP contribution in [0.4, 0.5) is 0 Å². The summed E-state index contributed by atoms with van der Waals surface area (Å²) in [5, 5.41) is 18.9. The second-order valence-electron chi connectivity index (χ2n) is 13.0. The average Bonchev–Trinajstić information content (AvgIpc) is 3.13. The van der Waals surface area contributed by atoms with Crippen LogP contribution in [0.25, 0.3) is 33.4 Å². The van der Waals surface area contributed by atoms with Crippen molar-refractivity contribution in [2.45, 2.75) is 79.1 Å². The lowest BCUT2D eigenvalue weighted by Crippen LogP contribution is -2.15. The Morgan fingerprint density at radius 2 is 1.27 bits per heavy atom. The Morgan fingerprint density at radius 1 is 0.694 bits per heavy atom. The van der Waals surface area contributed by atoms with Crippen LogP contribution < -0.4 is 4.74 Å². The van der Waals surface area contributed by atoms with Crippen LogP contribution in [0.1, 0.15) is 75.6 Å². The highest BCUT2D eigenvalue weighted by Crippen LogP contribution is 2.35. The summed E-state index contributed by atoms with van der Waals surface area (Å²) in [4.78, 5) is 12.0. The lowest BCUT2D eigenvalue weighted by atomic mass is 9.90. The molecule has 0 saturated carbocycles. The van der Waals surface area contributed by atoms with Crippen LogP contribution in [0.3, 0.4) is 0 Å². The Balaban J connectivity index is 1.59. The number of aliphatic hydroxyl groups excluding tert-OH is 2. The number of aryl methyl sites for hydroxylation is 3. The lowest BCUT2D eigenvalue weighted by Gasteiger charge is -2.17. The average molecular weight is 663 g/mol. The maximum atomic E-state index is 12.0. The van der Waals surface area contributed by atoms with Crippen LogP contribution in [-0.4, -0.2) is 42.6 Å². The van der Waals surface area contributed by atoms with Gasteiger partial charge < -0.3 is 19.7 Å². The molecule has 49 heavy (non-hydrogen) atoms. The van der Waals surface area contributed by atoms with Gasteiger partial charge in [-0.25, -0.2) is 4.79 Å². The molecule has 0 atom stereocenters. The molecule has 0 aliphatic heterocycles. The van der Waals surface area contributed by atoms with Crippen molar-refractivity contribution in [3.8, 4) is 39.1 Å². The van der Waals surface area contributed by atoms with E-state index in [2.05, 4.69) is 100 Å². The van der Waals surface area contributed by atoms with Crippen molar-refractivity contribution < 1.29 is 24.5 Å². The van der Waals surface area contributed by atoms with Gasteiger partial charge in [0.2, 0.25) is 0 Å². The van der Waals surface area contributed by atoms with E-state index in [0.29, 0.717) is 30.8 Å². The van der Waals surface area contributed by atoms with Gasteiger partial charge in [0.05, 0.1) is 13.2 Å². The van der Waals surface area contributed by atoms with E-state index in [-0.39, 0.29) is 25.7 Å². The summed E-state index contributed by atoms with van der Waals surface area (Å²) in [5.41, 5.74) is 12.5. The molecule has 0 amide bonds. The third-order valence-electron chi connectivity index (χ3n) is 9.26. The van der Waals surface area contributed by atoms with E-state index in [1.165, 1.54) is 58.2 Å². The van der Waals surface area contributed by atoms with E-state index in [1.54, 1.807) is 6.92 Å². The molecule has 4 aromatic carbocycles. The molecule has 0 aliphatic rings. The van der Waals surface area contributed by atoms with Crippen LogP contribution in [0.5, 0.6) is 5.75 Å². The minimum atomic E-state index is -0.411. The van der Waals surface area contributed by atoms with Crippen molar-refractivity contribution in [1.82, 2.24) is 0 Å². The first-order valence-corrected chi connectivity index (χ1v) is 18.0. The molecule has 4 aromatic rings. The Kier molecular flexibility index (Phi) is 14.7. The largest absolute Gasteiger partial charge is 0.493 e. The van der Waals surface area contributed by atoms with Gasteiger partial charge in [-0.3, -0.25) is 0 Å². The van der Waals surface area contributed by atoms with Gasteiger partial charge in [0.15, 0.2) is 0 Å². The van der Waals surface area contributed by atoms with Crippen molar-refractivity contribution in [1.29, 1.82) is 0 Å². The van der Waals surface area contributed by atoms with Crippen LogP contribution in [0, 0.1) is 5.92 Å². The summed E-state index contributed by atoms with van der Waals surface area (Å²) in [5.74, 6) is 0.0741. The predicted octanol–water partition coefficient (Wildman–Crippen LogP) is 9.58. The normalized spacial score (nSPS) is 11.2. The molecule has 2 N–H and O–H groups in total. The molecule has 5 nitrogen and oxygen atoms in total. The van der Waals surface area contributed by atoms with E-state index >= 15 is 0 Å². The standard InChI is InChI=1S/C44H54O5/c1-6-9-10-11-32-12-14-36(15-13-32)41-19-16-37(26-34(41)7-2)38-17-20-42(35(8-3)27-38)39-18-21-43(48-24-22-33(29-45)30-46)40(28-39)23-25-49-44(47)31(4)5/h12-21,26-28,33,45-46H,4,6-11,22-25,29-30H2,1-3,5H3. The highest BCUT2D eigenvalue weighted by atomic mass is 16.5. The highest BCUT2D eigenvalue weighted by molar-refractivity contribution is 5.87. The third-order valence-corrected chi connectivity index (χ3v) is 9.26. The van der Waals surface area contributed by atoms with E-state index in [0.717, 1.165) is 36.0 Å². The number of aliphatic hydroxyl groups is 2. The number of unbranched alkanes of at least 4 members (excludes halogenated alkanes) is 2. The zero-order valence-electron chi connectivity index (χ0n) is 29.9. The van der Waals surface area contributed by atoms with Gasteiger partial charge in [-0.1, -0.05) is 107 Å². The van der Waals surface area contributed by atoms with E-state index < -0.39 is 5.97 Å². The summed E-state index contributed by atoms with van der Waals surface area (Å²) in [6, 6.07) is 28.8. The van der Waals surface area contributed by atoms with Crippen molar-refractivity contribution in [2.24, 2.45) is 5.92 Å². The molecular formula is C44H54O5. The fourth-order valence-corrected chi connectivity index (χ4v) is 6.16. The molecule has 0 heterocycles. The molecule has 260 valence electrons. The smallest absolute Gasteiger partial charge is 0.333 e. The van der Waals surface area contributed by atoms with Crippen molar-refractivity contribution in [3.05, 3.63) is 113 Å². The molecular weight excluding hydrogens is 608 g/mol. The van der Waals surface area contributed by atoms with Gasteiger partial charge in [-0.2, -0.15) is 0 Å². The molecule has 0 unspecified atom stereocenters. The highest BCUT2D eigenvalue weighted by Gasteiger charge is 2.14. The van der Waals surface area contributed by atoms with Crippen molar-refractivity contribution in [3.63, 3.8) is 0 Å². The van der Waals surface area contributed by atoms with Crippen LogP contribution in [0.2, 0.25) is 0 Å². The number of rotatable bonds is 19. The number of benzene rings is 4. The number of hydrogen-bond donors (Lipinski definition) is 2. The van der Waals surface area contributed by atoms with E-state index in [4.69, 9.17) is 9.47 Å². The fourth-order valence-electron chi connectivity index (χ4n) is 6.16. The Bertz CT molecular complexity index is 1670. The zero-order chi connectivity index (χ0) is 35.2.